The predicted octanol–water partition coefficient (Wildman–Crippen LogP) is 4.62. The zero-order valence-corrected chi connectivity index (χ0v) is 12.2. The first-order valence-electron chi connectivity index (χ1n) is 6.83. The summed E-state index contributed by atoms with van der Waals surface area (Å²) in [5.74, 6) is 0.740. The van der Waals surface area contributed by atoms with E-state index in [0.717, 1.165) is 16.9 Å². The van der Waals surface area contributed by atoms with E-state index < -0.39 is 0 Å². The van der Waals surface area contributed by atoms with Crippen molar-refractivity contribution >= 4 is 17.9 Å². The molecule has 2 aromatic carbocycles. The van der Waals surface area contributed by atoms with Crippen LogP contribution in [0.2, 0.25) is 0 Å². The van der Waals surface area contributed by atoms with E-state index in [1.807, 2.05) is 67.6 Å². The van der Waals surface area contributed by atoms with Gasteiger partial charge in [-0.05, 0) is 36.8 Å². The molecule has 0 spiro atoms. The Morgan fingerprint density at radius 1 is 1.05 bits per heavy atom. The lowest BCUT2D eigenvalue weighted by Gasteiger charge is -2.06. The van der Waals surface area contributed by atoms with Crippen molar-refractivity contribution in [2.24, 2.45) is 0 Å². The number of hydrogen-bond donors (Lipinski definition) is 0. The molecule has 0 saturated carbocycles. The summed E-state index contributed by atoms with van der Waals surface area (Å²) in [6, 6.07) is 15.2. The van der Waals surface area contributed by atoms with Gasteiger partial charge in [0.2, 0.25) is 0 Å². The van der Waals surface area contributed by atoms with Gasteiger partial charge in [0.1, 0.15) is 5.75 Å². The Kier molecular flexibility index (Phi) is 5.10. The van der Waals surface area contributed by atoms with E-state index in [-0.39, 0.29) is 5.78 Å². The summed E-state index contributed by atoms with van der Waals surface area (Å²) in [6.07, 6.45) is 7.26. The Morgan fingerprint density at radius 2 is 1.81 bits per heavy atom. The maximum atomic E-state index is 12.2. The monoisotopic (exact) mass is 278 g/mol. The van der Waals surface area contributed by atoms with Crippen LogP contribution in [0.1, 0.15) is 28.4 Å². The fourth-order valence-corrected chi connectivity index (χ4v) is 2.03. The second-order valence-corrected chi connectivity index (χ2v) is 4.56. The third kappa shape index (κ3) is 3.93. The highest BCUT2D eigenvalue weighted by molar-refractivity contribution is 6.07. The molecule has 2 nitrogen and oxygen atoms in total. The smallest absolute Gasteiger partial charge is 0.185 e. The minimum absolute atomic E-state index is 0.0211. The molecule has 0 N–H and O–H groups in total. The van der Waals surface area contributed by atoms with E-state index in [0.29, 0.717) is 5.56 Å². The average Bonchev–Trinajstić information content (AvgIpc) is 2.54. The Labute approximate surface area is 125 Å². The first kappa shape index (κ1) is 14.8. The zero-order valence-electron chi connectivity index (χ0n) is 12.2. The summed E-state index contributed by atoms with van der Waals surface area (Å²) in [5, 5.41) is 0. The molecule has 0 aliphatic carbocycles. The van der Waals surface area contributed by atoms with Crippen molar-refractivity contribution in [1.82, 2.24) is 0 Å². The number of carbonyl (C=O) groups excluding carboxylic acids is 1. The van der Waals surface area contributed by atoms with Crippen molar-refractivity contribution in [3.8, 4) is 5.75 Å². The van der Waals surface area contributed by atoms with Crippen LogP contribution in [-0.2, 0) is 0 Å². The second kappa shape index (κ2) is 7.25. The molecule has 0 bridgehead atoms. The number of allylic oxidation sites excluding steroid dienone is 2. The predicted molar refractivity (Wildman–Crippen MR) is 87.5 cm³/mol. The molecule has 0 heterocycles. The Balaban J connectivity index is 2.23. The first-order chi connectivity index (χ1) is 10.2. The fraction of sp³-hybridized carbons (Fsp3) is 0.105. The molecule has 106 valence electrons. The fourth-order valence-electron chi connectivity index (χ4n) is 2.03. The van der Waals surface area contributed by atoms with Crippen molar-refractivity contribution in [2.45, 2.75) is 6.92 Å². The summed E-state index contributed by atoms with van der Waals surface area (Å²) in [5.41, 5.74) is 2.56. The van der Waals surface area contributed by atoms with Gasteiger partial charge in [-0.1, -0.05) is 48.6 Å². The van der Waals surface area contributed by atoms with Crippen molar-refractivity contribution < 1.29 is 9.53 Å². The number of ether oxygens (including phenoxy) is 1. The van der Waals surface area contributed by atoms with Crippen molar-refractivity contribution in [2.75, 3.05) is 7.11 Å². The molecule has 2 rings (SSSR count). The molecule has 0 unspecified atom stereocenters. The Hall–Kier alpha value is -2.61. The van der Waals surface area contributed by atoms with Crippen LogP contribution in [0.15, 0.2) is 60.7 Å². The highest BCUT2D eigenvalue weighted by Gasteiger charge is 2.06. The molecule has 0 aliphatic heterocycles. The number of hydrogen-bond acceptors (Lipinski definition) is 2. The molecule has 0 fully saturated rings. The lowest BCUT2D eigenvalue weighted by atomic mass is 10.0. The molecule has 0 aliphatic rings. The summed E-state index contributed by atoms with van der Waals surface area (Å²) in [6.45, 7) is 1.93. The molecule has 2 heteroatoms. The van der Waals surface area contributed by atoms with E-state index in [2.05, 4.69) is 0 Å². The maximum Gasteiger partial charge on any atom is 0.185 e. The highest BCUT2D eigenvalue weighted by atomic mass is 16.5. The van der Waals surface area contributed by atoms with Crippen molar-refractivity contribution in [3.05, 3.63) is 77.4 Å². The van der Waals surface area contributed by atoms with E-state index in [9.17, 15) is 4.79 Å². The van der Waals surface area contributed by atoms with Gasteiger partial charge in [0.05, 0.1) is 7.11 Å². The molecule has 0 aromatic heterocycles. The Bertz CT molecular complexity index is 667. The summed E-state index contributed by atoms with van der Waals surface area (Å²) >= 11 is 0. The molecular formula is C19H18O2. The van der Waals surface area contributed by atoms with Gasteiger partial charge in [0, 0.05) is 11.1 Å². The quantitative estimate of drug-likeness (QED) is 0.589. The number of benzene rings is 2. The number of ketones is 1. The van der Waals surface area contributed by atoms with E-state index in [1.165, 1.54) is 0 Å². The molecule has 21 heavy (non-hydrogen) atoms. The largest absolute Gasteiger partial charge is 0.496 e. The third-order valence-electron chi connectivity index (χ3n) is 3.09. The van der Waals surface area contributed by atoms with Crippen LogP contribution in [0.25, 0.3) is 12.2 Å². The van der Waals surface area contributed by atoms with Gasteiger partial charge >= 0.3 is 0 Å². The minimum atomic E-state index is -0.0211. The van der Waals surface area contributed by atoms with Crippen LogP contribution >= 0.6 is 0 Å². The van der Waals surface area contributed by atoms with Gasteiger partial charge in [-0.3, -0.25) is 4.79 Å². The maximum absolute atomic E-state index is 12.2. The standard InChI is InChI=1S/C19H18O2/c1-3-7-17-14-16(11-13-19(17)21-2)18(20)12-10-15-8-5-4-6-9-15/h3-14H,1-2H3/b7-3+,12-10+. The average molecular weight is 278 g/mol. The number of rotatable bonds is 5. The molecule has 0 atom stereocenters. The summed E-state index contributed by atoms with van der Waals surface area (Å²) in [4.78, 5) is 12.2. The first-order valence-corrected chi connectivity index (χ1v) is 6.83. The SMILES string of the molecule is C/C=C/c1cc(C(=O)/C=C/c2ccccc2)ccc1OC. The van der Waals surface area contributed by atoms with Crippen LogP contribution in [-0.4, -0.2) is 12.9 Å². The van der Waals surface area contributed by atoms with Crippen LogP contribution in [0.4, 0.5) is 0 Å². The van der Waals surface area contributed by atoms with Crippen LogP contribution < -0.4 is 4.74 Å². The van der Waals surface area contributed by atoms with Crippen molar-refractivity contribution in [1.29, 1.82) is 0 Å². The lowest BCUT2D eigenvalue weighted by molar-refractivity contribution is 0.104. The van der Waals surface area contributed by atoms with Gasteiger partial charge in [-0.25, -0.2) is 0 Å². The Morgan fingerprint density at radius 3 is 2.48 bits per heavy atom. The molecule has 0 amide bonds. The second-order valence-electron chi connectivity index (χ2n) is 4.56. The number of methoxy groups -OCH3 is 1. The zero-order chi connectivity index (χ0) is 15.1. The van der Waals surface area contributed by atoms with E-state index >= 15 is 0 Å². The van der Waals surface area contributed by atoms with Gasteiger partial charge < -0.3 is 4.74 Å². The molecule has 0 radical (unpaired) electrons. The number of carbonyl (C=O) groups is 1. The van der Waals surface area contributed by atoms with Gasteiger partial charge in [0.15, 0.2) is 5.78 Å². The van der Waals surface area contributed by atoms with Crippen molar-refractivity contribution in [3.63, 3.8) is 0 Å². The minimum Gasteiger partial charge on any atom is -0.496 e. The van der Waals surface area contributed by atoms with Crippen LogP contribution in [0, 0.1) is 0 Å². The molecule has 2 aromatic rings. The van der Waals surface area contributed by atoms with E-state index in [4.69, 9.17) is 4.74 Å². The summed E-state index contributed by atoms with van der Waals surface area (Å²) < 4.78 is 5.28. The van der Waals surface area contributed by atoms with Gasteiger partial charge in [0.25, 0.3) is 0 Å². The third-order valence-corrected chi connectivity index (χ3v) is 3.09. The molecule has 0 saturated heterocycles. The summed E-state index contributed by atoms with van der Waals surface area (Å²) in [7, 11) is 1.62. The normalized spacial score (nSPS) is 11.1. The van der Waals surface area contributed by atoms with Crippen LogP contribution in [0.3, 0.4) is 0 Å². The van der Waals surface area contributed by atoms with Crippen LogP contribution in [0.5, 0.6) is 5.75 Å². The topological polar surface area (TPSA) is 26.3 Å². The van der Waals surface area contributed by atoms with Gasteiger partial charge in [-0.15, -0.1) is 0 Å². The highest BCUT2D eigenvalue weighted by Crippen LogP contribution is 2.22. The van der Waals surface area contributed by atoms with Gasteiger partial charge in [-0.2, -0.15) is 0 Å². The molecular weight excluding hydrogens is 260 g/mol. The lowest BCUT2D eigenvalue weighted by Crippen LogP contribution is -1.96. The van der Waals surface area contributed by atoms with E-state index in [1.54, 1.807) is 19.3 Å².